The number of hydrogen-bond donors (Lipinski definition) is 3. The van der Waals surface area contributed by atoms with Crippen molar-refractivity contribution in [3.8, 4) is 6.07 Å². The van der Waals surface area contributed by atoms with Crippen molar-refractivity contribution in [2.75, 3.05) is 41.3 Å². The first-order valence-electron chi connectivity index (χ1n) is 14.4. The Morgan fingerprint density at radius 1 is 1.05 bits per heavy atom. The van der Waals surface area contributed by atoms with Gasteiger partial charge in [0.05, 0.1) is 18.0 Å². The van der Waals surface area contributed by atoms with Crippen LogP contribution >= 0.6 is 0 Å². The molecule has 1 heterocycles. The van der Waals surface area contributed by atoms with Crippen LogP contribution in [0.15, 0.2) is 36.4 Å². The summed E-state index contributed by atoms with van der Waals surface area (Å²) in [6.45, 7) is 2.61. The number of benzene rings is 2. The predicted molar refractivity (Wildman–Crippen MR) is 161 cm³/mol. The molecule has 1 aliphatic carbocycles. The number of nitrogens with two attached hydrogens (primary N) is 1. The number of carbonyl (C=O) groups excluding carboxylic acids is 3. The summed E-state index contributed by atoms with van der Waals surface area (Å²) in [4.78, 5) is 43.3. The van der Waals surface area contributed by atoms with Gasteiger partial charge in [0.1, 0.15) is 11.9 Å². The quantitative estimate of drug-likeness (QED) is 0.327. The number of hydrogen-bond acceptors (Lipinski definition) is 6. The monoisotopic (exact) mass is 571 g/mol. The Labute approximate surface area is 248 Å². The van der Waals surface area contributed by atoms with Crippen LogP contribution in [0, 0.1) is 16.7 Å². The van der Waals surface area contributed by atoms with E-state index in [1.165, 1.54) is 9.80 Å². The molecule has 0 radical (unpaired) electrons. The molecule has 0 unspecified atom stereocenters. The van der Waals surface area contributed by atoms with Crippen LogP contribution < -0.4 is 11.1 Å². The number of aryl methyl sites for hydroxylation is 2. The van der Waals surface area contributed by atoms with E-state index >= 15 is 0 Å². The van der Waals surface area contributed by atoms with Crippen LogP contribution in [0.4, 0.5) is 0 Å². The standard InChI is InChI=1S/C32H41N7O3/c1-20(36-19-28(40)39-14-6-7-25(39)18-33)17-32(31(34)35)26-12-10-23(29(41)37(2)3)15-21(26)8-9-22-16-24(11-13-27(22)32)30(42)38(4)5/h10-13,15-16,20,25,36H,6-9,14,17,19H2,1-5H3,(H3,34,35)/t20-,25+/m1/s1. The molecule has 4 rings (SSSR count). The molecule has 1 saturated heterocycles. The molecular weight excluding hydrogens is 530 g/mol. The molecule has 0 aromatic heterocycles. The highest BCUT2D eigenvalue weighted by molar-refractivity contribution is 5.98. The highest BCUT2D eigenvalue weighted by atomic mass is 16.2. The Kier molecular flexibility index (Phi) is 9.02. The van der Waals surface area contributed by atoms with Gasteiger partial charge in [-0.05, 0) is 85.5 Å². The number of amides is 3. The van der Waals surface area contributed by atoms with E-state index in [1.54, 1.807) is 45.2 Å². The van der Waals surface area contributed by atoms with E-state index < -0.39 is 11.5 Å². The summed E-state index contributed by atoms with van der Waals surface area (Å²) in [5.74, 6) is -0.395. The fraction of sp³-hybridized carbons (Fsp3) is 0.469. The van der Waals surface area contributed by atoms with E-state index in [2.05, 4.69) is 11.4 Å². The van der Waals surface area contributed by atoms with Crippen molar-refractivity contribution in [1.82, 2.24) is 20.0 Å². The van der Waals surface area contributed by atoms with Gasteiger partial charge < -0.3 is 25.8 Å². The maximum atomic E-state index is 13.0. The molecule has 10 nitrogen and oxygen atoms in total. The molecule has 2 aliphatic rings. The van der Waals surface area contributed by atoms with Gasteiger partial charge in [-0.2, -0.15) is 5.26 Å². The maximum absolute atomic E-state index is 13.0. The molecule has 42 heavy (non-hydrogen) atoms. The van der Waals surface area contributed by atoms with Gasteiger partial charge in [-0.15, -0.1) is 0 Å². The number of rotatable bonds is 8. The normalized spacial score (nSPS) is 17.7. The second-order valence-electron chi connectivity index (χ2n) is 11.8. The number of carbonyl (C=O) groups is 3. The Bertz CT molecular complexity index is 1370. The van der Waals surface area contributed by atoms with E-state index in [0.29, 0.717) is 43.4 Å². The minimum absolute atomic E-state index is 0.0469. The van der Waals surface area contributed by atoms with Gasteiger partial charge in [0.2, 0.25) is 5.91 Å². The van der Waals surface area contributed by atoms with Gasteiger partial charge in [0, 0.05) is 51.9 Å². The summed E-state index contributed by atoms with van der Waals surface area (Å²) < 4.78 is 0. The van der Waals surface area contributed by atoms with Crippen LogP contribution in [0.3, 0.4) is 0 Å². The number of fused-ring (bicyclic) bond motifs is 2. The van der Waals surface area contributed by atoms with E-state index in [9.17, 15) is 19.6 Å². The maximum Gasteiger partial charge on any atom is 0.253 e. The molecule has 222 valence electrons. The van der Waals surface area contributed by atoms with Crippen LogP contribution in [0.2, 0.25) is 0 Å². The highest BCUT2D eigenvalue weighted by Crippen LogP contribution is 2.44. The largest absolute Gasteiger partial charge is 0.387 e. The number of amidine groups is 1. The summed E-state index contributed by atoms with van der Waals surface area (Å²) in [6.07, 6.45) is 3.10. The third-order valence-corrected chi connectivity index (χ3v) is 8.50. The highest BCUT2D eigenvalue weighted by Gasteiger charge is 2.44. The van der Waals surface area contributed by atoms with E-state index in [1.807, 2.05) is 31.2 Å². The fourth-order valence-corrected chi connectivity index (χ4v) is 6.34. The van der Waals surface area contributed by atoms with Crippen molar-refractivity contribution in [2.45, 2.75) is 56.5 Å². The van der Waals surface area contributed by atoms with Gasteiger partial charge in [-0.1, -0.05) is 12.1 Å². The first-order chi connectivity index (χ1) is 19.9. The molecule has 1 fully saturated rings. The van der Waals surface area contributed by atoms with E-state index in [0.717, 1.165) is 28.7 Å². The van der Waals surface area contributed by atoms with Gasteiger partial charge in [0.25, 0.3) is 11.8 Å². The topological polar surface area (TPSA) is 147 Å². The molecule has 2 atom stereocenters. The number of nitrogens with one attached hydrogen (secondary N) is 2. The van der Waals surface area contributed by atoms with Crippen molar-refractivity contribution in [1.29, 1.82) is 10.7 Å². The predicted octanol–water partition coefficient (Wildman–Crippen LogP) is 2.29. The Morgan fingerprint density at radius 2 is 1.57 bits per heavy atom. The summed E-state index contributed by atoms with van der Waals surface area (Å²) in [7, 11) is 6.84. The van der Waals surface area contributed by atoms with Crippen molar-refractivity contribution in [3.63, 3.8) is 0 Å². The minimum Gasteiger partial charge on any atom is -0.387 e. The first kappa shape index (κ1) is 30.7. The number of likely N-dealkylation sites (tertiary alicyclic amines) is 1. The Hall–Kier alpha value is -4.23. The van der Waals surface area contributed by atoms with Gasteiger partial charge >= 0.3 is 0 Å². The lowest BCUT2D eigenvalue weighted by atomic mass is 9.67. The average molecular weight is 572 g/mol. The summed E-state index contributed by atoms with van der Waals surface area (Å²) >= 11 is 0. The van der Waals surface area contributed by atoms with Crippen LogP contribution in [0.1, 0.15) is 69.2 Å². The zero-order chi connectivity index (χ0) is 30.8. The lowest BCUT2D eigenvalue weighted by molar-refractivity contribution is -0.130. The fourth-order valence-electron chi connectivity index (χ4n) is 6.34. The third-order valence-electron chi connectivity index (χ3n) is 8.50. The summed E-state index contributed by atoms with van der Waals surface area (Å²) in [6, 6.07) is 12.7. The Morgan fingerprint density at radius 3 is 2.02 bits per heavy atom. The molecular formula is C32H41N7O3. The van der Waals surface area contributed by atoms with Crippen LogP contribution in [0.5, 0.6) is 0 Å². The minimum atomic E-state index is -1.06. The van der Waals surface area contributed by atoms with Gasteiger partial charge in [-0.25, -0.2) is 0 Å². The average Bonchev–Trinajstić information content (AvgIpc) is 3.40. The number of nitrogens with zero attached hydrogens (tertiary/aromatic N) is 4. The third kappa shape index (κ3) is 5.74. The second-order valence-corrected chi connectivity index (χ2v) is 11.8. The zero-order valence-electron chi connectivity index (χ0n) is 25.2. The smallest absolute Gasteiger partial charge is 0.253 e. The van der Waals surface area contributed by atoms with E-state index in [4.69, 9.17) is 11.1 Å². The molecule has 3 amide bonds. The van der Waals surface area contributed by atoms with Gasteiger partial charge in [-0.3, -0.25) is 19.8 Å². The van der Waals surface area contributed by atoms with Crippen LogP contribution in [-0.2, 0) is 23.1 Å². The van der Waals surface area contributed by atoms with Crippen molar-refractivity contribution < 1.29 is 14.4 Å². The molecule has 0 bridgehead atoms. The first-order valence-corrected chi connectivity index (χ1v) is 14.4. The molecule has 0 saturated carbocycles. The molecule has 10 heteroatoms. The van der Waals surface area contributed by atoms with E-state index in [-0.39, 0.29) is 36.1 Å². The van der Waals surface area contributed by atoms with Crippen molar-refractivity contribution in [2.24, 2.45) is 5.73 Å². The van der Waals surface area contributed by atoms with Crippen molar-refractivity contribution >= 4 is 23.6 Å². The number of nitriles is 1. The molecule has 2 aromatic carbocycles. The van der Waals surface area contributed by atoms with Gasteiger partial charge in [0.15, 0.2) is 0 Å². The summed E-state index contributed by atoms with van der Waals surface area (Å²) in [5, 5.41) is 21.7. The lowest BCUT2D eigenvalue weighted by Gasteiger charge is -2.38. The SMILES string of the molecule is C[C@H](CC1(C(=N)N)c2ccc(C(=O)N(C)C)cc2CCc2cc(C(=O)N(C)C)ccc21)NCC(=O)N1CCC[C@H]1C#N. The zero-order valence-corrected chi connectivity index (χ0v) is 25.2. The molecule has 1 aliphatic heterocycles. The molecule has 2 aromatic rings. The van der Waals surface area contributed by atoms with Crippen LogP contribution in [0.25, 0.3) is 0 Å². The Balaban J connectivity index is 1.77. The molecule has 0 spiro atoms. The van der Waals surface area contributed by atoms with Crippen molar-refractivity contribution in [3.05, 3.63) is 69.8 Å². The van der Waals surface area contributed by atoms with Crippen LogP contribution in [-0.4, -0.2) is 91.6 Å². The summed E-state index contributed by atoms with van der Waals surface area (Å²) in [5.41, 5.74) is 10.1. The second kappa shape index (κ2) is 12.3. The lowest BCUT2D eigenvalue weighted by Crippen LogP contribution is -2.49. The molecule has 4 N–H and O–H groups in total.